The first-order valence-corrected chi connectivity index (χ1v) is 4.70. The molecule has 0 aromatic heterocycles. The Morgan fingerprint density at radius 2 is 2.38 bits per heavy atom. The fourth-order valence-electron chi connectivity index (χ4n) is 1.15. The zero-order valence-electron chi connectivity index (χ0n) is 8.93. The molecule has 0 saturated heterocycles. The molecule has 0 atom stereocenters. The number of hydrogen-bond acceptors (Lipinski definition) is 4. The van der Waals surface area contributed by atoms with Gasteiger partial charge in [-0.05, 0) is 23.8 Å². The first-order valence-electron chi connectivity index (χ1n) is 4.70. The Labute approximate surface area is 93.9 Å². The van der Waals surface area contributed by atoms with Crippen LogP contribution in [0.25, 0.3) is 6.08 Å². The molecule has 0 fully saturated rings. The van der Waals surface area contributed by atoms with Crippen LogP contribution >= 0.6 is 0 Å². The summed E-state index contributed by atoms with van der Waals surface area (Å²) in [5.41, 5.74) is 7.55. The largest absolute Gasteiger partial charge is 0.469 e. The molecule has 2 N–H and O–H groups in total. The smallest absolute Gasteiger partial charge is 0.309 e. The Bertz CT molecular complexity index is 459. The number of esters is 1. The van der Waals surface area contributed by atoms with E-state index in [2.05, 4.69) is 4.74 Å². The summed E-state index contributed by atoms with van der Waals surface area (Å²) in [5.74, 6) is -0.314. The normalized spacial score (nSPS) is 10.0. The van der Waals surface area contributed by atoms with Crippen LogP contribution in [0, 0.1) is 11.3 Å². The Balaban J connectivity index is 2.80. The maximum absolute atomic E-state index is 10.9. The van der Waals surface area contributed by atoms with Crippen molar-refractivity contribution in [3.05, 3.63) is 35.4 Å². The molecule has 0 heterocycles. The van der Waals surface area contributed by atoms with E-state index in [0.29, 0.717) is 11.3 Å². The summed E-state index contributed by atoms with van der Waals surface area (Å²) in [6, 6.07) is 7.00. The number of benzene rings is 1. The van der Waals surface area contributed by atoms with Crippen molar-refractivity contribution >= 4 is 17.7 Å². The summed E-state index contributed by atoms with van der Waals surface area (Å²) in [6.07, 6.45) is 3.54. The molecule has 1 rings (SSSR count). The highest BCUT2D eigenvalue weighted by Crippen LogP contribution is 2.15. The monoisotopic (exact) mass is 216 g/mol. The summed E-state index contributed by atoms with van der Waals surface area (Å²) in [4.78, 5) is 10.9. The number of nitrogen functional groups attached to an aromatic ring is 1. The number of hydrogen-bond donors (Lipinski definition) is 1. The van der Waals surface area contributed by atoms with E-state index in [4.69, 9.17) is 11.0 Å². The molecule has 1 aromatic rings. The van der Waals surface area contributed by atoms with Gasteiger partial charge in [0.25, 0.3) is 0 Å². The number of anilines is 1. The summed E-state index contributed by atoms with van der Waals surface area (Å²) in [7, 11) is 1.33. The second kappa shape index (κ2) is 5.56. The van der Waals surface area contributed by atoms with Crippen molar-refractivity contribution in [1.82, 2.24) is 0 Å². The molecule has 0 amide bonds. The Morgan fingerprint density at radius 3 is 3.00 bits per heavy atom. The molecule has 0 spiro atoms. The third-order valence-electron chi connectivity index (χ3n) is 2.03. The van der Waals surface area contributed by atoms with Gasteiger partial charge in [-0.2, -0.15) is 5.26 Å². The molecule has 0 aliphatic heterocycles. The van der Waals surface area contributed by atoms with Gasteiger partial charge in [0.2, 0.25) is 0 Å². The number of ether oxygens (including phenoxy) is 1. The SMILES string of the molecule is COC(=O)CC=Cc1cc(C#N)ccc1N. The minimum absolute atomic E-state index is 0.187. The summed E-state index contributed by atoms with van der Waals surface area (Å²) < 4.78 is 4.49. The second-order valence-corrected chi connectivity index (χ2v) is 3.14. The van der Waals surface area contributed by atoms with Gasteiger partial charge >= 0.3 is 5.97 Å². The van der Waals surface area contributed by atoms with Gasteiger partial charge in [-0.3, -0.25) is 4.79 Å². The summed E-state index contributed by atoms with van der Waals surface area (Å²) >= 11 is 0. The first kappa shape index (κ1) is 11.8. The molecule has 1 aromatic carbocycles. The lowest BCUT2D eigenvalue weighted by Crippen LogP contribution is -1.97. The molecule has 0 aliphatic rings. The highest BCUT2D eigenvalue weighted by molar-refractivity contribution is 5.74. The average molecular weight is 216 g/mol. The van der Waals surface area contributed by atoms with Crippen molar-refractivity contribution in [3.8, 4) is 6.07 Å². The van der Waals surface area contributed by atoms with Crippen molar-refractivity contribution in [1.29, 1.82) is 5.26 Å². The van der Waals surface area contributed by atoms with E-state index in [0.717, 1.165) is 5.56 Å². The fourth-order valence-corrected chi connectivity index (χ4v) is 1.15. The topological polar surface area (TPSA) is 76.1 Å². The molecule has 0 unspecified atom stereocenters. The van der Waals surface area contributed by atoms with Crippen molar-refractivity contribution in [3.63, 3.8) is 0 Å². The Morgan fingerprint density at radius 1 is 1.62 bits per heavy atom. The van der Waals surface area contributed by atoms with E-state index in [-0.39, 0.29) is 12.4 Å². The van der Waals surface area contributed by atoms with E-state index in [1.165, 1.54) is 7.11 Å². The van der Waals surface area contributed by atoms with Crippen LogP contribution in [0.3, 0.4) is 0 Å². The van der Waals surface area contributed by atoms with E-state index >= 15 is 0 Å². The maximum Gasteiger partial charge on any atom is 0.309 e. The lowest BCUT2D eigenvalue weighted by Gasteiger charge is -2.00. The maximum atomic E-state index is 10.9. The van der Waals surface area contributed by atoms with E-state index in [9.17, 15) is 4.79 Å². The van der Waals surface area contributed by atoms with Crippen LogP contribution in [0.4, 0.5) is 5.69 Å². The average Bonchev–Trinajstić information content (AvgIpc) is 2.31. The lowest BCUT2D eigenvalue weighted by molar-refractivity contribution is -0.139. The van der Waals surface area contributed by atoms with E-state index < -0.39 is 0 Å². The van der Waals surface area contributed by atoms with Gasteiger partial charge in [-0.25, -0.2) is 0 Å². The Kier molecular flexibility index (Phi) is 4.10. The van der Waals surface area contributed by atoms with Crippen LogP contribution in [0.1, 0.15) is 17.5 Å². The zero-order chi connectivity index (χ0) is 12.0. The summed E-state index contributed by atoms with van der Waals surface area (Å²) in [5, 5.41) is 8.72. The van der Waals surface area contributed by atoms with Crippen LogP contribution in [-0.2, 0) is 9.53 Å². The minimum Gasteiger partial charge on any atom is -0.469 e. The molecule has 4 nitrogen and oxygen atoms in total. The Hall–Kier alpha value is -2.28. The molecule has 82 valence electrons. The predicted molar refractivity (Wildman–Crippen MR) is 61.2 cm³/mol. The zero-order valence-corrected chi connectivity index (χ0v) is 8.93. The van der Waals surface area contributed by atoms with Crippen LogP contribution in [-0.4, -0.2) is 13.1 Å². The van der Waals surface area contributed by atoms with E-state index in [1.54, 1.807) is 30.4 Å². The van der Waals surface area contributed by atoms with Gasteiger partial charge < -0.3 is 10.5 Å². The predicted octanol–water partition coefficient (Wildman–Crippen LogP) is 1.72. The molecule has 0 radical (unpaired) electrons. The minimum atomic E-state index is -0.314. The number of rotatable bonds is 3. The van der Waals surface area contributed by atoms with Gasteiger partial charge in [0.1, 0.15) is 0 Å². The van der Waals surface area contributed by atoms with Gasteiger partial charge in [0, 0.05) is 5.69 Å². The molecular weight excluding hydrogens is 204 g/mol. The van der Waals surface area contributed by atoms with Gasteiger partial charge in [-0.15, -0.1) is 0 Å². The molecule has 0 bridgehead atoms. The van der Waals surface area contributed by atoms with Crippen LogP contribution in [0.15, 0.2) is 24.3 Å². The lowest BCUT2D eigenvalue weighted by atomic mass is 10.1. The molecule has 0 aliphatic carbocycles. The first-order chi connectivity index (χ1) is 7.67. The van der Waals surface area contributed by atoms with Crippen molar-refractivity contribution < 1.29 is 9.53 Å². The van der Waals surface area contributed by atoms with E-state index in [1.807, 2.05) is 6.07 Å². The number of carbonyl (C=O) groups excluding carboxylic acids is 1. The van der Waals surface area contributed by atoms with Gasteiger partial charge in [0.15, 0.2) is 0 Å². The number of carbonyl (C=O) groups is 1. The number of nitrogens with two attached hydrogens (primary N) is 1. The van der Waals surface area contributed by atoms with Gasteiger partial charge in [-0.1, -0.05) is 12.2 Å². The third-order valence-corrected chi connectivity index (χ3v) is 2.03. The standard InChI is InChI=1S/C12H12N2O2/c1-16-12(15)4-2-3-10-7-9(8-13)5-6-11(10)14/h2-3,5-7H,4,14H2,1H3. The molecular formula is C12H12N2O2. The number of nitriles is 1. The second-order valence-electron chi connectivity index (χ2n) is 3.14. The van der Waals surface area contributed by atoms with Crippen molar-refractivity contribution in [2.45, 2.75) is 6.42 Å². The number of nitrogens with zero attached hydrogens (tertiary/aromatic N) is 1. The molecule has 16 heavy (non-hydrogen) atoms. The van der Waals surface area contributed by atoms with Crippen LogP contribution < -0.4 is 5.73 Å². The quantitative estimate of drug-likeness (QED) is 0.616. The highest BCUT2D eigenvalue weighted by atomic mass is 16.5. The highest BCUT2D eigenvalue weighted by Gasteiger charge is 1.98. The molecule has 4 heteroatoms. The fraction of sp³-hybridized carbons (Fsp3) is 0.167. The van der Waals surface area contributed by atoms with Crippen molar-refractivity contribution in [2.24, 2.45) is 0 Å². The van der Waals surface area contributed by atoms with Crippen LogP contribution in [0.5, 0.6) is 0 Å². The van der Waals surface area contributed by atoms with Gasteiger partial charge in [0.05, 0.1) is 25.2 Å². The van der Waals surface area contributed by atoms with Crippen molar-refractivity contribution in [2.75, 3.05) is 12.8 Å². The third kappa shape index (κ3) is 3.14. The number of methoxy groups -OCH3 is 1. The molecule has 0 saturated carbocycles. The van der Waals surface area contributed by atoms with Crippen LogP contribution in [0.2, 0.25) is 0 Å². The summed E-state index contributed by atoms with van der Waals surface area (Å²) in [6.45, 7) is 0.